The zero-order valence-electron chi connectivity index (χ0n) is 24.1. The maximum absolute atomic E-state index is 13.2. The van der Waals surface area contributed by atoms with Crippen molar-refractivity contribution in [2.45, 2.75) is 119 Å². The van der Waals surface area contributed by atoms with Gasteiger partial charge in [-0.3, -0.25) is 14.4 Å². The molecular weight excluding hydrogens is 760 g/mol. The van der Waals surface area contributed by atoms with Gasteiger partial charge in [-0.1, -0.05) is 0 Å². The Balaban J connectivity index is 1.17. The molecule has 4 aliphatic carbocycles. The van der Waals surface area contributed by atoms with Crippen LogP contribution in [-0.2, 0) is 24.0 Å². The van der Waals surface area contributed by atoms with E-state index < -0.39 is 84.5 Å². The average molecular weight is 798 g/mol. The molecule has 17 heteroatoms. The van der Waals surface area contributed by atoms with Gasteiger partial charge >= 0.3 is 11.9 Å². The van der Waals surface area contributed by atoms with E-state index in [1.165, 1.54) is 0 Å². The van der Waals surface area contributed by atoms with Gasteiger partial charge in [0.25, 0.3) is 0 Å². The van der Waals surface area contributed by atoms with Crippen LogP contribution in [0.25, 0.3) is 0 Å². The van der Waals surface area contributed by atoms with Gasteiger partial charge in [0.2, 0.25) is 5.91 Å². The fraction of sp³-hybridized carbons (Fsp3) is 0.893. The van der Waals surface area contributed by atoms with Crippen LogP contribution in [-0.4, -0.2) is 102 Å². The molecule has 0 aliphatic heterocycles. The van der Waals surface area contributed by atoms with Crippen molar-refractivity contribution < 1.29 is 34.2 Å². The van der Waals surface area contributed by atoms with Crippen LogP contribution in [0.15, 0.2) is 0 Å². The number of aliphatic carboxylic acids is 2. The van der Waals surface area contributed by atoms with Crippen molar-refractivity contribution >= 4 is 111 Å². The van der Waals surface area contributed by atoms with E-state index in [1.54, 1.807) is 0 Å². The highest BCUT2D eigenvalue weighted by Crippen LogP contribution is 2.44. The lowest BCUT2D eigenvalue weighted by atomic mass is 9.77. The third-order valence-corrected chi connectivity index (χ3v) is 14.8. The summed E-state index contributed by atoms with van der Waals surface area (Å²) in [5, 5.41) is 15.6. The minimum atomic E-state index is -1.25. The number of rotatable bonds is 10. The number of hydroxylamine groups is 1. The Hall–Kier alpha value is 0.610. The van der Waals surface area contributed by atoms with Crippen LogP contribution in [0.5, 0.6) is 0 Å². The topological polar surface area (TPSA) is 134 Å². The van der Waals surface area contributed by atoms with Crippen LogP contribution >= 0.6 is 92.8 Å². The monoisotopic (exact) mass is 794 g/mol. The smallest absolute Gasteiger partial charge is 0.308 e. The number of carboxylic acid groups (broad SMARTS) is 2. The number of halogens is 8. The summed E-state index contributed by atoms with van der Waals surface area (Å²) < 4.78 is 6.39. The van der Waals surface area contributed by atoms with Crippen LogP contribution < -0.4 is 10.8 Å². The summed E-state index contributed by atoms with van der Waals surface area (Å²) in [6.07, 6.45) is 6.30. The van der Waals surface area contributed by atoms with Crippen LogP contribution in [0, 0.1) is 23.7 Å². The van der Waals surface area contributed by atoms with Crippen LogP contribution in [0.4, 0.5) is 0 Å². The van der Waals surface area contributed by atoms with Gasteiger partial charge in [-0.15, -0.1) is 92.8 Å². The average Bonchev–Trinajstić information content (AvgIpc) is 3.00. The molecule has 4 aliphatic rings. The van der Waals surface area contributed by atoms with Gasteiger partial charge in [-0.2, -0.15) is 5.48 Å². The fourth-order valence-electron chi connectivity index (χ4n) is 6.97. The Kier molecular flexibility index (Phi) is 14.5. The zero-order valence-corrected chi connectivity index (χ0v) is 30.1. The Morgan fingerprint density at radius 2 is 0.978 bits per heavy atom. The van der Waals surface area contributed by atoms with Gasteiger partial charge in [0.05, 0.1) is 79.6 Å². The molecule has 0 radical (unpaired) electrons. The minimum absolute atomic E-state index is 0.0345. The molecule has 4 saturated carbocycles. The predicted molar refractivity (Wildman–Crippen MR) is 177 cm³/mol. The van der Waals surface area contributed by atoms with Gasteiger partial charge < -0.3 is 25.1 Å². The first-order valence-corrected chi connectivity index (χ1v) is 18.6. The highest BCUT2D eigenvalue weighted by molar-refractivity contribution is 6.40. The first kappa shape index (κ1) is 38.4. The van der Waals surface area contributed by atoms with E-state index in [0.717, 1.165) is 38.5 Å². The molecule has 0 heterocycles. The van der Waals surface area contributed by atoms with Gasteiger partial charge in [-0.25, -0.2) is 0 Å². The molecule has 0 aromatic carbocycles. The van der Waals surface area contributed by atoms with Crippen molar-refractivity contribution in [3.05, 3.63) is 0 Å². The lowest BCUT2D eigenvalue weighted by molar-refractivity contribution is -0.148. The molecule has 0 aromatic heterocycles. The molecule has 1 amide bonds. The SMILES string of the molecule is O=C(O)C1C(Cl)C(Cl)C(Cl)C(Cl)C1CONC1CCC(OC2CCC(NC(=O)C3C(Cl)C(Cl)C(Cl)C(Cl)C3C(=O)O)CC2)CC1. The third kappa shape index (κ3) is 9.05. The van der Waals surface area contributed by atoms with Gasteiger partial charge in [0.1, 0.15) is 0 Å². The van der Waals surface area contributed by atoms with E-state index in [9.17, 15) is 24.6 Å². The van der Waals surface area contributed by atoms with E-state index in [4.69, 9.17) is 102 Å². The second kappa shape index (κ2) is 17.0. The predicted octanol–water partition coefficient (Wildman–Crippen LogP) is 5.78. The lowest BCUT2D eigenvalue weighted by Gasteiger charge is -2.41. The molecule has 9 nitrogen and oxygen atoms in total. The van der Waals surface area contributed by atoms with Crippen LogP contribution in [0.1, 0.15) is 51.4 Å². The Morgan fingerprint density at radius 1 is 0.556 bits per heavy atom. The van der Waals surface area contributed by atoms with E-state index in [1.807, 2.05) is 0 Å². The molecule has 12 unspecified atom stereocenters. The van der Waals surface area contributed by atoms with Crippen molar-refractivity contribution in [2.75, 3.05) is 6.61 Å². The maximum Gasteiger partial charge on any atom is 0.308 e. The maximum atomic E-state index is 13.2. The molecule has 0 bridgehead atoms. The highest BCUT2D eigenvalue weighted by Gasteiger charge is 2.55. The number of carbonyl (C=O) groups is 3. The summed E-state index contributed by atoms with van der Waals surface area (Å²) in [5.41, 5.74) is 3.05. The lowest BCUT2D eigenvalue weighted by Crippen LogP contribution is -2.58. The number of nitrogens with one attached hydrogen (secondary N) is 2. The number of hydrogen-bond donors (Lipinski definition) is 4. The minimum Gasteiger partial charge on any atom is -0.481 e. The number of ether oxygens (including phenoxy) is 1. The number of carbonyl (C=O) groups excluding carboxylic acids is 1. The molecule has 4 fully saturated rings. The first-order valence-electron chi connectivity index (χ1n) is 15.1. The van der Waals surface area contributed by atoms with Gasteiger partial charge in [-0.05, 0) is 51.4 Å². The summed E-state index contributed by atoms with van der Waals surface area (Å²) in [4.78, 5) is 42.7. The standard InChI is InChI=1S/C28H38Cl8N2O7/c29-18-14(15(27(40)41)19(30)23(34)22(18)33)9-44-38-11-3-7-13(8-4-11)45-12-5-1-10(2-6-12)37-26(39)16-17(28(42)43)21(32)25(36)24(35)20(16)31/h10-25,38H,1-9H2,(H,37,39)(H,40,41)(H,42,43). The van der Waals surface area contributed by atoms with Gasteiger partial charge in [0.15, 0.2) is 0 Å². The molecular formula is C28H38Cl8N2O7. The van der Waals surface area contributed by atoms with E-state index in [0.29, 0.717) is 12.8 Å². The van der Waals surface area contributed by atoms with Crippen LogP contribution in [0.2, 0.25) is 0 Å². The molecule has 0 spiro atoms. The van der Waals surface area contributed by atoms with E-state index >= 15 is 0 Å². The normalized spacial score (nSPS) is 45.9. The van der Waals surface area contributed by atoms with Crippen molar-refractivity contribution in [3.63, 3.8) is 0 Å². The summed E-state index contributed by atoms with van der Waals surface area (Å²) in [7, 11) is 0. The second-order valence-corrected chi connectivity index (χ2v) is 16.5. The Bertz CT molecular complexity index is 1030. The molecule has 0 aromatic rings. The molecule has 258 valence electrons. The van der Waals surface area contributed by atoms with Crippen LogP contribution in [0.3, 0.4) is 0 Å². The van der Waals surface area contributed by atoms with Crippen molar-refractivity contribution in [3.8, 4) is 0 Å². The number of carboxylic acids is 2. The quantitative estimate of drug-likeness (QED) is 0.162. The van der Waals surface area contributed by atoms with E-state index in [2.05, 4.69) is 10.8 Å². The number of hydrogen-bond acceptors (Lipinski definition) is 6. The van der Waals surface area contributed by atoms with Crippen molar-refractivity contribution in [1.82, 2.24) is 10.8 Å². The van der Waals surface area contributed by atoms with E-state index in [-0.39, 0.29) is 30.9 Å². The van der Waals surface area contributed by atoms with Crippen molar-refractivity contribution in [2.24, 2.45) is 23.7 Å². The molecule has 4 rings (SSSR count). The third-order valence-electron chi connectivity index (χ3n) is 9.59. The van der Waals surface area contributed by atoms with Gasteiger partial charge in [0, 0.05) is 18.0 Å². The first-order chi connectivity index (χ1) is 21.2. The molecule has 12 atom stereocenters. The summed E-state index contributed by atoms with van der Waals surface area (Å²) >= 11 is 50.5. The summed E-state index contributed by atoms with van der Waals surface area (Å²) in [6.45, 7) is 0.0345. The molecule has 45 heavy (non-hydrogen) atoms. The number of amides is 1. The largest absolute Gasteiger partial charge is 0.481 e. The fourth-order valence-corrected chi connectivity index (χ4v) is 10.2. The second-order valence-electron chi connectivity index (χ2n) is 12.5. The highest BCUT2D eigenvalue weighted by atomic mass is 35.5. The van der Waals surface area contributed by atoms with Crippen molar-refractivity contribution in [1.29, 1.82) is 0 Å². The summed E-state index contributed by atoms with van der Waals surface area (Å²) in [5.74, 6) is -6.74. The number of alkyl halides is 8. The molecule has 4 N–H and O–H groups in total. The summed E-state index contributed by atoms with van der Waals surface area (Å²) in [6, 6.07) is -0.0646. The Labute approximate surface area is 302 Å². The zero-order chi connectivity index (χ0) is 33.2. The molecule has 0 saturated heterocycles. The Morgan fingerprint density at radius 3 is 1.47 bits per heavy atom.